The van der Waals surface area contributed by atoms with Crippen molar-refractivity contribution in [1.29, 1.82) is 0 Å². The first kappa shape index (κ1) is 11.4. The third-order valence-electron chi connectivity index (χ3n) is 1.98. The first-order valence-corrected chi connectivity index (χ1v) is 5.39. The lowest BCUT2D eigenvalue weighted by molar-refractivity contribution is 0.420. The molecule has 0 unspecified atom stereocenters. The fraction of sp³-hybridized carbons (Fsp3) is 0.200. The molecule has 0 aliphatic rings. The lowest BCUT2D eigenvalue weighted by atomic mass is 10.2. The summed E-state index contributed by atoms with van der Waals surface area (Å²) in [4.78, 5) is 4.19. The lowest BCUT2D eigenvalue weighted by Gasteiger charge is -1.99. The van der Waals surface area contributed by atoms with Crippen LogP contribution in [-0.4, -0.2) is 17.2 Å². The molecule has 0 atom stereocenters. The molecule has 4 nitrogen and oxygen atoms in total. The molecule has 0 bridgehead atoms. The standard InChI is InChI=1S/C10H9Cl2N3O/c1-13-5-8-14-10(16-15-8)6-3-2-4-7(11)9(6)12/h2-4,13H,5H2,1H3. The lowest BCUT2D eigenvalue weighted by Crippen LogP contribution is -2.06. The van der Waals surface area contributed by atoms with Gasteiger partial charge in [0.05, 0.1) is 22.2 Å². The predicted molar refractivity (Wildman–Crippen MR) is 62.5 cm³/mol. The maximum atomic E-state index is 6.04. The Labute approximate surface area is 103 Å². The second kappa shape index (κ2) is 4.82. The van der Waals surface area contributed by atoms with E-state index in [1.807, 2.05) is 7.05 Å². The highest BCUT2D eigenvalue weighted by Crippen LogP contribution is 2.32. The summed E-state index contributed by atoms with van der Waals surface area (Å²) in [6.07, 6.45) is 0. The average molecular weight is 258 g/mol. The van der Waals surface area contributed by atoms with Gasteiger partial charge >= 0.3 is 0 Å². The van der Waals surface area contributed by atoms with Crippen LogP contribution < -0.4 is 5.32 Å². The van der Waals surface area contributed by atoms with Crippen LogP contribution >= 0.6 is 23.2 Å². The molecule has 2 rings (SSSR count). The van der Waals surface area contributed by atoms with Gasteiger partial charge in [0.1, 0.15) is 0 Å². The zero-order valence-corrected chi connectivity index (χ0v) is 10.0. The number of hydrogen-bond donors (Lipinski definition) is 1. The average Bonchev–Trinajstić information content (AvgIpc) is 2.71. The van der Waals surface area contributed by atoms with Crippen LogP contribution in [0, 0.1) is 0 Å². The molecule has 0 aliphatic carbocycles. The van der Waals surface area contributed by atoms with Crippen molar-refractivity contribution in [2.24, 2.45) is 0 Å². The largest absolute Gasteiger partial charge is 0.334 e. The Hall–Kier alpha value is -1.10. The third-order valence-corrected chi connectivity index (χ3v) is 2.80. The molecule has 1 aromatic carbocycles. The Kier molecular flexibility index (Phi) is 3.43. The summed E-state index contributed by atoms with van der Waals surface area (Å²) in [5, 5.41) is 7.62. The number of benzene rings is 1. The van der Waals surface area contributed by atoms with Crippen molar-refractivity contribution in [3.05, 3.63) is 34.1 Å². The highest BCUT2D eigenvalue weighted by Gasteiger charge is 2.13. The normalized spacial score (nSPS) is 10.7. The van der Waals surface area contributed by atoms with Crippen molar-refractivity contribution in [1.82, 2.24) is 15.5 Å². The van der Waals surface area contributed by atoms with E-state index < -0.39 is 0 Å². The summed E-state index contributed by atoms with van der Waals surface area (Å²) < 4.78 is 5.09. The van der Waals surface area contributed by atoms with Crippen LogP contribution in [0.4, 0.5) is 0 Å². The van der Waals surface area contributed by atoms with E-state index in [9.17, 15) is 0 Å². The Morgan fingerprint density at radius 1 is 1.38 bits per heavy atom. The molecule has 0 fully saturated rings. The maximum Gasteiger partial charge on any atom is 0.259 e. The molecule has 0 saturated heterocycles. The quantitative estimate of drug-likeness (QED) is 0.919. The summed E-state index contributed by atoms with van der Waals surface area (Å²) in [5.74, 6) is 0.950. The van der Waals surface area contributed by atoms with Gasteiger partial charge < -0.3 is 9.84 Å². The van der Waals surface area contributed by atoms with Gasteiger partial charge in [-0.25, -0.2) is 0 Å². The monoisotopic (exact) mass is 257 g/mol. The molecular weight excluding hydrogens is 249 g/mol. The fourth-order valence-corrected chi connectivity index (χ4v) is 1.64. The van der Waals surface area contributed by atoms with Gasteiger partial charge in [0.15, 0.2) is 5.82 Å². The SMILES string of the molecule is CNCc1noc(-c2cccc(Cl)c2Cl)n1. The smallest absolute Gasteiger partial charge is 0.259 e. The molecule has 1 N–H and O–H groups in total. The van der Waals surface area contributed by atoms with Gasteiger partial charge in [0, 0.05) is 0 Å². The van der Waals surface area contributed by atoms with Gasteiger partial charge in [0.2, 0.25) is 0 Å². The van der Waals surface area contributed by atoms with Crippen molar-refractivity contribution < 1.29 is 4.52 Å². The van der Waals surface area contributed by atoms with E-state index in [4.69, 9.17) is 27.7 Å². The molecule has 0 saturated carbocycles. The molecular formula is C10H9Cl2N3O. The van der Waals surface area contributed by atoms with Crippen LogP contribution in [0.3, 0.4) is 0 Å². The molecule has 0 radical (unpaired) electrons. The minimum absolute atomic E-state index is 0.373. The minimum Gasteiger partial charge on any atom is -0.334 e. The van der Waals surface area contributed by atoms with E-state index in [1.54, 1.807) is 18.2 Å². The summed E-state index contributed by atoms with van der Waals surface area (Å²) in [6.45, 7) is 0.543. The first-order valence-electron chi connectivity index (χ1n) is 4.64. The summed E-state index contributed by atoms with van der Waals surface area (Å²) in [5.41, 5.74) is 0.643. The van der Waals surface area contributed by atoms with Crippen LogP contribution in [0.25, 0.3) is 11.5 Å². The number of rotatable bonds is 3. The highest BCUT2D eigenvalue weighted by atomic mass is 35.5. The van der Waals surface area contributed by atoms with E-state index >= 15 is 0 Å². The molecule has 16 heavy (non-hydrogen) atoms. The van der Waals surface area contributed by atoms with Gasteiger partial charge in [0.25, 0.3) is 5.89 Å². The summed E-state index contributed by atoms with van der Waals surface area (Å²) >= 11 is 11.9. The maximum absolute atomic E-state index is 6.04. The third kappa shape index (κ3) is 2.19. The molecule has 0 aliphatic heterocycles. The van der Waals surface area contributed by atoms with Crippen LogP contribution in [-0.2, 0) is 6.54 Å². The Morgan fingerprint density at radius 2 is 2.19 bits per heavy atom. The molecule has 1 heterocycles. The van der Waals surface area contributed by atoms with Crippen molar-refractivity contribution in [2.45, 2.75) is 6.54 Å². The van der Waals surface area contributed by atoms with Gasteiger partial charge in [-0.05, 0) is 19.2 Å². The summed E-state index contributed by atoms with van der Waals surface area (Å²) in [7, 11) is 1.81. The Morgan fingerprint density at radius 3 is 2.94 bits per heavy atom. The Balaban J connectivity index is 2.39. The number of nitrogens with one attached hydrogen (secondary N) is 1. The van der Waals surface area contributed by atoms with Gasteiger partial charge in [-0.15, -0.1) is 0 Å². The van der Waals surface area contributed by atoms with Crippen molar-refractivity contribution in [3.63, 3.8) is 0 Å². The predicted octanol–water partition coefficient (Wildman–Crippen LogP) is 2.76. The van der Waals surface area contributed by atoms with Crippen LogP contribution in [0.1, 0.15) is 5.82 Å². The van der Waals surface area contributed by atoms with Crippen LogP contribution in [0.15, 0.2) is 22.7 Å². The van der Waals surface area contributed by atoms with E-state index in [1.165, 1.54) is 0 Å². The summed E-state index contributed by atoms with van der Waals surface area (Å²) in [6, 6.07) is 5.27. The van der Waals surface area contributed by atoms with E-state index in [0.717, 1.165) is 0 Å². The van der Waals surface area contributed by atoms with E-state index in [-0.39, 0.29) is 0 Å². The topological polar surface area (TPSA) is 51.0 Å². The fourth-order valence-electron chi connectivity index (χ4n) is 1.26. The van der Waals surface area contributed by atoms with Gasteiger partial charge in [-0.2, -0.15) is 4.98 Å². The first-order chi connectivity index (χ1) is 7.72. The number of halogens is 2. The van der Waals surface area contributed by atoms with Crippen molar-refractivity contribution in [3.8, 4) is 11.5 Å². The molecule has 6 heteroatoms. The van der Waals surface area contributed by atoms with Crippen LogP contribution in [0.5, 0.6) is 0 Å². The van der Waals surface area contributed by atoms with Crippen molar-refractivity contribution >= 4 is 23.2 Å². The number of hydrogen-bond acceptors (Lipinski definition) is 4. The Bertz CT molecular complexity index is 499. The molecule has 1 aromatic heterocycles. The van der Waals surface area contributed by atoms with E-state index in [0.29, 0.717) is 33.9 Å². The second-order valence-corrected chi connectivity index (χ2v) is 3.93. The molecule has 2 aromatic rings. The number of aromatic nitrogens is 2. The molecule has 84 valence electrons. The van der Waals surface area contributed by atoms with Crippen molar-refractivity contribution in [2.75, 3.05) is 7.05 Å². The molecule has 0 amide bonds. The minimum atomic E-state index is 0.373. The number of nitrogens with zero attached hydrogens (tertiary/aromatic N) is 2. The highest BCUT2D eigenvalue weighted by molar-refractivity contribution is 6.43. The zero-order valence-electron chi connectivity index (χ0n) is 8.50. The second-order valence-electron chi connectivity index (χ2n) is 3.15. The zero-order chi connectivity index (χ0) is 11.5. The van der Waals surface area contributed by atoms with Gasteiger partial charge in [-0.1, -0.05) is 34.4 Å². The van der Waals surface area contributed by atoms with E-state index in [2.05, 4.69) is 15.5 Å². The van der Waals surface area contributed by atoms with Crippen LogP contribution in [0.2, 0.25) is 10.0 Å². The van der Waals surface area contributed by atoms with Gasteiger partial charge in [-0.3, -0.25) is 0 Å². The molecule has 0 spiro atoms.